The van der Waals surface area contributed by atoms with Gasteiger partial charge in [0.1, 0.15) is 5.41 Å². The average Bonchev–Trinajstić information content (AvgIpc) is 3.04. The Kier molecular flexibility index (Phi) is 6.62. The van der Waals surface area contributed by atoms with Crippen LogP contribution in [-0.2, 0) is 24.3 Å². The lowest BCUT2D eigenvalue weighted by Gasteiger charge is -2.35. The molecule has 2 aromatic carbocycles. The highest BCUT2D eigenvalue weighted by Gasteiger charge is 2.64. The summed E-state index contributed by atoms with van der Waals surface area (Å²) in [7, 11) is 0. The maximum absolute atomic E-state index is 14.3. The Morgan fingerprint density at radius 2 is 1.48 bits per heavy atom. The first-order valence-corrected chi connectivity index (χ1v) is 10.3. The van der Waals surface area contributed by atoms with Gasteiger partial charge in [0.05, 0.1) is 28.8 Å². The zero-order valence-corrected chi connectivity index (χ0v) is 18.5. The van der Waals surface area contributed by atoms with Crippen molar-refractivity contribution < 1.29 is 39.5 Å². The predicted octanol–water partition coefficient (Wildman–Crippen LogP) is 6.86. The summed E-state index contributed by atoms with van der Waals surface area (Å²) < 4.78 is 123. The fourth-order valence-corrected chi connectivity index (χ4v) is 4.61. The fraction of sp³-hybridized carbons (Fsp3) is 0.350. The van der Waals surface area contributed by atoms with Gasteiger partial charge in [-0.15, -0.1) is 11.6 Å². The molecule has 0 aliphatic carbocycles. The lowest BCUT2D eigenvalue weighted by molar-refractivity contribution is -0.183. The smallest absolute Gasteiger partial charge is 0.326 e. The second-order valence-electron chi connectivity index (χ2n) is 7.34. The number of benzene rings is 2. The largest absolute Gasteiger partial charge is 0.416 e. The molecule has 2 nitrogen and oxygen atoms in total. The van der Waals surface area contributed by atoms with Gasteiger partial charge in [-0.3, -0.25) is 4.99 Å². The summed E-state index contributed by atoms with van der Waals surface area (Å²) in [5.74, 6) is 0. The van der Waals surface area contributed by atoms with E-state index in [2.05, 4.69) is 20.9 Å². The Morgan fingerprint density at radius 1 is 0.939 bits per heavy atom. The van der Waals surface area contributed by atoms with Crippen LogP contribution >= 0.6 is 27.5 Å². The van der Waals surface area contributed by atoms with Crippen LogP contribution in [0, 0.1) is 0 Å². The highest BCUT2D eigenvalue weighted by Crippen LogP contribution is 2.52. The summed E-state index contributed by atoms with van der Waals surface area (Å²) in [6.07, 6.45) is -16.0. The van der Waals surface area contributed by atoms with Crippen molar-refractivity contribution in [2.45, 2.75) is 35.9 Å². The van der Waals surface area contributed by atoms with Crippen LogP contribution in [0.2, 0.25) is 0 Å². The van der Waals surface area contributed by atoms with Crippen LogP contribution in [0.25, 0.3) is 0 Å². The molecule has 0 radical (unpaired) electrons. The Hall–Kier alpha value is -1.79. The Balaban J connectivity index is 2.21. The van der Waals surface area contributed by atoms with E-state index in [0.29, 0.717) is 10.0 Å². The molecule has 0 saturated heterocycles. The van der Waals surface area contributed by atoms with Gasteiger partial charge in [0.15, 0.2) is 0 Å². The van der Waals surface area contributed by atoms with Crippen LogP contribution < -0.4 is 5.73 Å². The summed E-state index contributed by atoms with van der Waals surface area (Å²) >= 11 is 9.36. The molecular formula is C20H13BrClF9N2. The van der Waals surface area contributed by atoms with Gasteiger partial charge in [-0.1, -0.05) is 28.1 Å². The molecular weight excluding hydrogens is 555 g/mol. The van der Waals surface area contributed by atoms with Crippen molar-refractivity contribution in [1.82, 2.24) is 0 Å². The van der Waals surface area contributed by atoms with E-state index in [1.54, 1.807) is 0 Å². The van der Waals surface area contributed by atoms with E-state index < -0.39 is 52.6 Å². The summed E-state index contributed by atoms with van der Waals surface area (Å²) in [5.41, 5.74) is -2.38. The van der Waals surface area contributed by atoms with Crippen LogP contribution in [0.5, 0.6) is 0 Å². The average molecular weight is 568 g/mol. The van der Waals surface area contributed by atoms with Crippen molar-refractivity contribution in [3.63, 3.8) is 0 Å². The van der Waals surface area contributed by atoms with Crippen molar-refractivity contribution in [3.8, 4) is 0 Å². The van der Waals surface area contributed by atoms with Gasteiger partial charge in [0, 0.05) is 11.0 Å². The second-order valence-corrected chi connectivity index (χ2v) is 8.63. The van der Waals surface area contributed by atoms with Gasteiger partial charge in [-0.05, 0) is 41.0 Å². The molecule has 2 N–H and O–H groups in total. The highest BCUT2D eigenvalue weighted by molar-refractivity contribution is 9.10. The Morgan fingerprint density at radius 3 is 1.91 bits per heavy atom. The molecule has 0 aromatic heterocycles. The molecule has 180 valence electrons. The van der Waals surface area contributed by atoms with E-state index in [1.807, 2.05) is 0 Å². The topological polar surface area (TPSA) is 38.4 Å². The Labute approximate surface area is 194 Å². The second kappa shape index (κ2) is 8.46. The van der Waals surface area contributed by atoms with Crippen LogP contribution in [0.1, 0.15) is 27.8 Å². The molecule has 0 fully saturated rings. The number of halogens is 11. The predicted molar refractivity (Wildman–Crippen MR) is 107 cm³/mol. The minimum absolute atomic E-state index is 0.0456. The van der Waals surface area contributed by atoms with Gasteiger partial charge in [0.2, 0.25) is 0 Å². The van der Waals surface area contributed by atoms with E-state index in [-0.39, 0.29) is 36.0 Å². The molecule has 3 rings (SSSR count). The van der Waals surface area contributed by atoms with Gasteiger partial charge in [0.25, 0.3) is 0 Å². The molecule has 2 unspecified atom stereocenters. The molecule has 2 aromatic rings. The number of nitrogens with zero attached hydrogens (tertiary/aromatic N) is 1. The molecule has 0 bridgehead atoms. The number of rotatable bonds is 3. The SMILES string of the molecule is NCc1ccc(C2=NCC(c3cc(C(F)(F)F)cc(C(F)(F)F)c3)(C(F)(F)F)C2Cl)cc1Br. The van der Waals surface area contributed by atoms with E-state index in [1.165, 1.54) is 18.2 Å². The number of hydrogen-bond acceptors (Lipinski definition) is 2. The first-order valence-electron chi connectivity index (χ1n) is 9.06. The van der Waals surface area contributed by atoms with Gasteiger partial charge in [-0.25, -0.2) is 0 Å². The third-order valence-corrected chi connectivity index (χ3v) is 6.67. The van der Waals surface area contributed by atoms with Gasteiger partial charge in [-0.2, -0.15) is 39.5 Å². The van der Waals surface area contributed by atoms with Crippen molar-refractivity contribution in [1.29, 1.82) is 0 Å². The summed E-state index contributed by atoms with van der Waals surface area (Å²) in [6.45, 7) is -1.08. The van der Waals surface area contributed by atoms with E-state index in [0.717, 1.165) is 0 Å². The lowest BCUT2D eigenvalue weighted by Crippen LogP contribution is -2.51. The molecule has 0 spiro atoms. The quantitative estimate of drug-likeness (QED) is 0.320. The molecule has 1 aliphatic rings. The highest BCUT2D eigenvalue weighted by atomic mass is 79.9. The summed E-state index contributed by atoms with van der Waals surface area (Å²) in [6, 6.07) is 4.10. The third kappa shape index (κ3) is 4.61. The molecule has 13 heteroatoms. The molecule has 33 heavy (non-hydrogen) atoms. The minimum Gasteiger partial charge on any atom is -0.326 e. The summed E-state index contributed by atoms with van der Waals surface area (Å²) in [5, 5.41) is -2.10. The number of hydrogen-bond donors (Lipinski definition) is 1. The van der Waals surface area contributed by atoms with Crippen molar-refractivity contribution in [2.75, 3.05) is 6.54 Å². The van der Waals surface area contributed by atoms with Crippen LogP contribution in [-0.4, -0.2) is 23.8 Å². The minimum atomic E-state index is -5.33. The maximum Gasteiger partial charge on any atom is 0.416 e. The third-order valence-electron chi connectivity index (χ3n) is 5.35. The number of alkyl halides is 10. The van der Waals surface area contributed by atoms with Crippen molar-refractivity contribution in [3.05, 3.63) is 68.7 Å². The fourth-order valence-electron chi connectivity index (χ4n) is 3.56. The molecule has 1 aliphatic heterocycles. The van der Waals surface area contributed by atoms with E-state index in [9.17, 15) is 39.5 Å². The van der Waals surface area contributed by atoms with Crippen molar-refractivity contribution >= 4 is 33.2 Å². The zero-order valence-electron chi connectivity index (χ0n) is 16.1. The van der Waals surface area contributed by atoms with Gasteiger partial charge >= 0.3 is 18.5 Å². The van der Waals surface area contributed by atoms with E-state index in [4.69, 9.17) is 17.3 Å². The van der Waals surface area contributed by atoms with E-state index >= 15 is 0 Å². The molecule has 0 amide bonds. The first-order chi connectivity index (χ1) is 15.0. The lowest BCUT2D eigenvalue weighted by atomic mass is 9.75. The number of nitrogens with two attached hydrogens (primary N) is 1. The zero-order chi connectivity index (χ0) is 25.0. The number of aliphatic imine (C=N–C) groups is 1. The Bertz CT molecular complexity index is 1060. The van der Waals surface area contributed by atoms with Crippen molar-refractivity contribution in [2.24, 2.45) is 10.7 Å². The van der Waals surface area contributed by atoms with Crippen LogP contribution in [0.3, 0.4) is 0 Å². The molecule has 2 atom stereocenters. The van der Waals surface area contributed by atoms with Gasteiger partial charge < -0.3 is 5.73 Å². The monoisotopic (exact) mass is 566 g/mol. The molecule has 1 heterocycles. The van der Waals surface area contributed by atoms with Crippen LogP contribution in [0.15, 0.2) is 45.9 Å². The molecule has 0 saturated carbocycles. The summed E-state index contributed by atoms with van der Waals surface area (Å²) in [4.78, 5) is 3.81. The maximum atomic E-state index is 14.3. The van der Waals surface area contributed by atoms with Crippen LogP contribution in [0.4, 0.5) is 39.5 Å². The standard InChI is InChI=1S/C20H13BrClF9N2/c21-14-3-9(1-2-10(14)7-32)15-16(22)17(8-33-15,20(29,30)31)11-4-12(18(23,24)25)6-13(5-11)19(26,27)28/h1-6,16H,7-8,32H2. The first kappa shape index (κ1) is 25.8. The normalized spacial score (nSPS) is 21.9.